The molecule has 2 aliphatic rings. The van der Waals surface area contributed by atoms with Gasteiger partial charge in [0, 0.05) is 42.9 Å². The van der Waals surface area contributed by atoms with Gasteiger partial charge in [0.05, 0.1) is 17.9 Å². The van der Waals surface area contributed by atoms with Crippen molar-refractivity contribution >= 4 is 5.91 Å². The van der Waals surface area contributed by atoms with Gasteiger partial charge in [0.2, 0.25) is 0 Å². The maximum atomic E-state index is 13.9. The monoisotopic (exact) mass is 411 g/mol. The Morgan fingerprint density at radius 2 is 2.03 bits per heavy atom. The molecule has 0 unspecified atom stereocenters. The molecular formula is C22H19F2N3O3. The quantitative estimate of drug-likeness (QED) is 0.661. The fourth-order valence-electron chi connectivity index (χ4n) is 4.01. The third kappa shape index (κ3) is 3.28. The van der Waals surface area contributed by atoms with Gasteiger partial charge in [-0.3, -0.25) is 4.79 Å². The number of rotatable bonds is 4. The lowest BCUT2D eigenvalue weighted by Gasteiger charge is -2.30. The van der Waals surface area contributed by atoms with Crippen LogP contribution in [0.2, 0.25) is 0 Å². The third-order valence-corrected chi connectivity index (χ3v) is 5.52. The van der Waals surface area contributed by atoms with Crippen molar-refractivity contribution < 1.29 is 23.0 Å². The van der Waals surface area contributed by atoms with Crippen LogP contribution >= 0.6 is 0 Å². The first-order valence-corrected chi connectivity index (χ1v) is 9.72. The van der Waals surface area contributed by atoms with Crippen LogP contribution in [0.25, 0.3) is 0 Å². The maximum Gasteiger partial charge on any atom is 0.260 e. The number of nitrogens with zero attached hydrogens (tertiary/aromatic N) is 3. The zero-order chi connectivity index (χ0) is 20.7. The summed E-state index contributed by atoms with van der Waals surface area (Å²) in [6.45, 7) is 0.923. The molecule has 6 nitrogen and oxygen atoms in total. The summed E-state index contributed by atoms with van der Waals surface area (Å²) in [4.78, 5) is 18.6. The van der Waals surface area contributed by atoms with E-state index >= 15 is 0 Å². The van der Waals surface area contributed by atoms with Crippen LogP contribution in [-0.2, 0) is 12.8 Å². The van der Waals surface area contributed by atoms with E-state index in [1.807, 2.05) is 16.7 Å². The van der Waals surface area contributed by atoms with Crippen LogP contribution < -0.4 is 9.47 Å². The summed E-state index contributed by atoms with van der Waals surface area (Å²) in [6, 6.07) is 9.19. The lowest BCUT2D eigenvalue weighted by Crippen LogP contribution is -2.40. The smallest absolute Gasteiger partial charge is 0.260 e. The molecule has 2 aromatic carbocycles. The lowest BCUT2D eigenvalue weighted by atomic mass is 10.0. The molecule has 2 aliphatic heterocycles. The minimum atomic E-state index is -0.682. The van der Waals surface area contributed by atoms with Crippen LogP contribution in [0.4, 0.5) is 8.78 Å². The highest BCUT2D eigenvalue weighted by atomic mass is 19.1. The first-order chi connectivity index (χ1) is 14.6. The van der Waals surface area contributed by atoms with Gasteiger partial charge in [-0.05, 0) is 18.2 Å². The zero-order valence-corrected chi connectivity index (χ0v) is 16.1. The van der Waals surface area contributed by atoms with E-state index in [0.29, 0.717) is 36.3 Å². The Labute approximate surface area is 171 Å². The summed E-state index contributed by atoms with van der Waals surface area (Å²) in [6.07, 6.45) is 4.43. The number of amides is 1. The predicted octanol–water partition coefficient (Wildman–Crippen LogP) is 3.37. The fourth-order valence-corrected chi connectivity index (χ4v) is 4.01. The average molecular weight is 411 g/mol. The van der Waals surface area contributed by atoms with Crippen molar-refractivity contribution in [1.29, 1.82) is 0 Å². The second-order valence-electron chi connectivity index (χ2n) is 7.43. The SMILES string of the molecule is O=C1c2ccccc2OCN1CCc1cncn1[C@H]1COc2c(F)cc(F)cc2C1. The van der Waals surface area contributed by atoms with Crippen molar-refractivity contribution in [3.8, 4) is 11.5 Å². The first kappa shape index (κ1) is 18.6. The van der Waals surface area contributed by atoms with Gasteiger partial charge < -0.3 is 18.9 Å². The van der Waals surface area contributed by atoms with E-state index in [1.54, 1.807) is 29.6 Å². The minimum absolute atomic E-state index is 0.0659. The van der Waals surface area contributed by atoms with E-state index < -0.39 is 11.6 Å². The van der Waals surface area contributed by atoms with E-state index in [0.717, 1.165) is 11.8 Å². The number of hydrogen-bond acceptors (Lipinski definition) is 4. The van der Waals surface area contributed by atoms with Crippen molar-refractivity contribution in [2.24, 2.45) is 0 Å². The number of imidazole rings is 1. The standard InChI is InChI=1S/C22H19F2N3O3/c23-15-7-14-8-17(11-29-21(14)19(24)9-15)27-12-25-10-16(27)5-6-26-13-30-20-4-2-1-3-18(20)22(26)28/h1-4,7,9-10,12,17H,5-6,8,11,13H2/t17-/m1/s1. The van der Waals surface area contributed by atoms with Crippen molar-refractivity contribution in [2.75, 3.05) is 19.9 Å². The second-order valence-corrected chi connectivity index (χ2v) is 7.43. The highest BCUT2D eigenvalue weighted by molar-refractivity contribution is 5.97. The summed E-state index contributed by atoms with van der Waals surface area (Å²) in [5.74, 6) is -0.655. The van der Waals surface area contributed by atoms with Crippen LogP contribution in [-0.4, -0.2) is 40.2 Å². The number of carbonyl (C=O) groups is 1. The molecule has 3 aromatic rings. The topological polar surface area (TPSA) is 56.6 Å². The number of carbonyl (C=O) groups excluding carboxylic acids is 1. The molecule has 5 rings (SSSR count). The number of hydrogen-bond donors (Lipinski definition) is 0. The molecule has 0 N–H and O–H groups in total. The van der Waals surface area contributed by atoms with Gasteiger partial charge in [0.25, 0.3) is 5.91 Å². The van der Waals surface area contributed by atoms with E-state index in [9.17, 15) is 13.6 Å². The summed E-state index contributed by atoms with van der Waals surface area (Å²) in [5.41, 5.74) is 1.97. The molecule has 0 radical (unpaired) electrons. The van der Waals surface area contributed by atoms with Crippen LogP contribution in [0.5, 0.6) is 11.5 Å². The molecule has 0 saturated carbocycles. The van der Waals surface area contributed by atoms with Crippen LogP contribution in [0.15, 0.2) is 48.9 Å². The Morgan fingerprint density at radius 3 is 2.93 bits per heavy atom. The number of benzene rings is 2. The van der Waals surface area contributed by atoms with Crippen molar-refractivity contribution in [3.05, 3.63) is 77.4 Å². The molecule has 154 valence electrons. The largest absolute Gasteiger partial charge is 0.488 e. The van der Waals surface area contributed by atoms with E-state index in [-0.39, 0.29) is 31.0 Å². The fraction of sp³-hybridized carbons (Fsp3) is 0.273. The molecule has 0 bridgehead atoms. The molecule has 1 atom stereocenters. The van der Waals surface area contributed by atoms with Gasteiger partial charge in [-0.2, -0.15) is 0 Å². The highest BCUT2D eigenvalue weighted by Crippen LogP contribution is 2.33. The molecule has 0 saturated heterocycles. The van der Waals surface area contributed by atoms with Crippen molar-refractivity contribution in [2.45, 2.75) is 18.9 Å². The lowest BCUT2D eigenvalue weighted by molar-refractivity contribution is 0.0523. The van der Waals surface area contributed by atoms with Crippen LogP contribution in [0.3, 0.4) is 0 Å². The summed E-state index contributed by atoms with van der Waals surface area (Å²) in [7, 11) is 0. The van der Waals surface area contributed by atoms with Crippen LogP contribution in [0, 0.1) is 11.6 Å². The average Bonchev–Trinajstić information content (AvgIpc) is 3.21. The van der Waals surface area contributed by atoms with Gasteiger partial charge in [-0.1, -0.05) is 12.1 Å². The third-order valence-electron chi connectivity index (χ3n) is 5.52. The molecule has 30 heavy (non-hydrogen) atoms. The van der Waals surface area contributed by atoms with Crippen molar-refractivity contribution in [3.63, 3.8) is 0 Å². The zero-order valence-electron chi connectivity index (χ0n) is 16.1. The number of aromatic nitrogens is 2. The van der Waals surface area contributed by atoms with Crippen LogP contribution in [0.1, 0.15) is 27.7 Å². The van der Waals surface area contributed by atoms with E-state index in [2.05, 4.69) is 4.98 Å². The second kappa shape index (κ2) is 7.44. The predicted molar refractivity (Wildman–Crippen MR) is 103 cm³/mol. The Morgan fingerprint density at radius 1 is 1.17 bits per heavy atom. The molecule has 1 amide bonds. The van der Waals surface area contributed by atoms with Gasteiger partial charge in [-0.15, -0.1) is 0 Å². The van der Waals surface area contributed by atoms with Gasteiger partial charge >= 0.3 is 0 Å². The Kier molecular flexibility index (Phi) is 4.61. The molecule has 0 fully saturated rings. The molecule has 0 aliphatic carbocycles. The Bertz CT molecular complexity index is 1110. The minimum Gasteiger partial charge on any atom is -0.488 e. The van der Waals surface area contributed by atoms with E-state index in [4.69, 9.17) is 9.47 Å². The highest BCUT2D eigenvalue weighted by Gasteiger charge is 2.28. The van der Waals surface area contributed by atoms with Crippen molar-refractivity contribution in [1.82, 2.24) is 14.5 Å². The summed E-state index contributed by atoms with van der Waals surface area (Å²) in [5, 5.41) is 0. The maximum absolute atomic E-state index is 13.9. The molecule has 0 spiro atoms. The number of ether oxygens (including phenoxy) is 2. The van der Waals surface area contributed by atoms with Gasteiger partial charge in [0.15, 0.2) is 18.3 Å². The number of para-hydroxylation sites is 1. The Balaban J connectivity index is 1.30. The molecule has 1 aromatic heterocycles. The number of halogens is 2. The first-order valence-electron chi connectivity index (χ1n) is 9.72. The van der Waals surface area contributed by atoms with Gasteiger partial charge in [-0.25, -0.2) is 13.8 Å². The summed E-state index contributed by atoms with van der Waals surface area (Å²) < 4.78 is 40.7. The molecule has 3 heterocycles. The Hall–Kier alpha value is -3.42. The number of fused-ring (bicyclic) bond motifs is 2. The van der Waals surface area contributed by atoms with E-state index in [1.165, 1.54) is 6.07 Å². The summed E-state index contributed by atoms with van der Waals surface area (Å²) >= 11 is 0. The molecular weight excluding hydrogens is 392 g/mol. The molecule has 8 heteroatoms. The normalized spacial score (nSPS) is 17.7. The van der Waals surface area contributed by atoms with Gasteiger partial charge in [0.1, 0.15) is 18.2 Å².